The molecule has 2 aromatic rings. The highest BCUT2D eigenvalue weighted by Crippen LogP contribution is 2.23. The Balaban J connectivity index is 1.79. The Hall–Kier alpha value is -2.36. The lowest BCUT2D eigenvalue weighted by Gasteiger charge is -2.36. The maximum Gasteiger partial charge on any atom is 0.259 e. The van der Waals surface area contributed by atoms with E-state index in [1.54, 1.807) is 0 Å². The van der Waals surface area contributed by atoms with Gasteiger partial charge in [-0.25, -0.2) is 0 Å². The molecule has 0 saturated carbocycles. The first kappa shape index (κ1) is 17.5. The van der Waals surface area contributed by atoms with Crippen molar-refractivity contribution in [2.24, 2.45) is 0 Å². The molecule has 4 nitrogen and oxygen atoms in total. The predicted molar refractivity (Wildman–Crippen MR) is 100.0 cm³/mol. The van der Waals surface area contributed by atoms with Crippen molar-refractivity contribution in [1.29, 1.82) is 0 Å². The van der Waals surface area contributed by atoms with Gasteiger partial charge in [0, 0.05) is 30.0 Å². The minimum absolute atomic E-state index is 0.114. The number of rotatable bonds is 4. The summed E-state index contributed by atoms with van der Waals surface area (Å²) in [7, 11) is 0. The van der Waals surface area contributed by atoms with E-state index in [2.05, 4.69) is 17.1 Å². The number of aryl methyl sites for hydroxylation is 3. The Morgan fingerprint density at radius 2 is 1.96 bits per heavy atom. The van der Waals surface area contributed by atoms with Crippen molar-refractivity contribution in [1.82, 2.24) is 9.88 Å². The van der Waals surface area contributed by atoms with Crippen LogP contribution in [0.15, 0.2) is 41.2 Å². The number of aromatic nitrogens is 1. The summed E-state index contributed by atoms with van der Waals surface area (Å²) in [6.07, 6.45) is 5.07. The minimum Gasteiger partial charge on any atom is -0.362 e. The van der Waals surface area contributed by atoms with Gasteiger partial charge in [0.2, 0.25) is 0 Å². The SMILES string of the molecule is Cc1cc(=O)c(C(=O)N2CCCC[C@@H]2CCc2ccccc2)c(C)[nH]1. The van der Waals surface area contributed by atoms with Crippen LogP contribution in [0.1, 0.15) is 53.0 Å². The third kappa shape index (κ3) is 4.01. The Bertz CT molecular complexity index is 795. The number of piperidine rings is 1. The molecule has 1 aromatic heterocycles. The Morgan fingerprint density at radius 3 is 2.68 bits per heavy atom. The Morgan fingerprint density at radius 1 is 1.20 bits per heavy atom. The van der Waals surface area contributed by atoms with Crippen molar-refractivity contribution in [2.75, 3.05) is 6.54 Å². The molecule has 0 aliphatic carbocycles. The third-order valence-electron chi connectivity index (χ3n) is 5.06. The summed E-state index contributed by atoms with van der Waals surface area (Å²) in [5.74, 6) is -0.114. The second kappa shape index (κ2) is 7.68. The van der Waals surface area contributed by atoms with Crippen LogP contribution in [0, 0.1) is 13.8 Å². The molecule has 1 aliphatic rings. The number of carbonyl (C=O) groups excluding carboxylic acids is 1. The van der Waals surface area contributed by atoms with Crippen LogP contribution in [0.5, 0.6) is 0 Å². The number of nitrogens with zero attached hydrogens (tertiary/aromatic N) is 1. The van der Waals surface area contributed by atoms with Gasteiger partial charge in [-0.15, -0.1) is 0 Å². The number of amides is 1. The number of hydrogen-bond donors (Lipinski definition) is 1. The van der Waals surface area contributed by atoms with Gasteiger partial charge in [0.1, 0.15) is 5.56 Å². The molecule has 1 aliphatic heterocycles. The van der Waals surface area contributed by atoms with Crippen LogP contribution in [0.3, 0.4) is 0 Å². The van der Waals surface area contributed by atoms with E-state index >= 15 is 0 Å². The van der Waals surface area contributed by atoms with Crippen molar-refractivity contribution in [3.05, 3.63) is 69.1 Å². The summed E-state index contributed by atoms with van der Waals surface area (Å²) in [5, 5.41) is 0. The van der Waals surface area contributed by atoms with Crippen molar-refractivity contribution >= 4 is 5.91 Å². The molecule has 2 heterocycles. The maximum atomic E-state index is 13.1. The van der Waals surface area contributed by atoms with E-state index in [0.29, 0.717) is 11.3 Å². The molecule has 0 radical (unpaired) electrons. The molecule has 3 rings (SSSR count). The van der Waals surface area contributed by atoms with Crippen molar-refractivity contribution in [3.8, 4) is 0 Å². The summed E-state index contributed by atoms with van der Waals surface area (Å²) >= 11 is 0. The summed E-state index contributed by atoms with van der Waals surface area (Å²) < 4.78 is 0. The molecule has 4 heteroatoms. The van der Waals surface area contributed by atoms with Gasteiger partial charge in [-0.2, -0.15) is 0 Å². The van der Waals surface area contributed by atoms with Crippen LogP contribution < -0.4 is 5.43 Å². The third-order valence-corrected chi connectivity index (χ3v) is 5.06. The molecule has 0 bridgehead atoms. The number of nitrogens with one attached hydrogen (secondary N) is 1. The first-order chi connectivity index (χ1) is 12.1. The summed E-state index contributed by atoms with van der Waals surface area (Å²) in [4.78, 5) is 30.5. The fraction of sp³-hybridized carbons (Fsp3) is 0.429. The number of carbonyl (C=O) groups is 1. The van der Waals surface area contributed by atoms with Crippen LogP contribution in [-0.4, -0.2) is 28.4 Å². The fourth-order valence-electron chi connectivity index (χ4n) is 3.80. The van der Waals surface area contributed by atoms with E-state index < -0.39 is 0 Å². The zero-order chi connectivity index (χ0) is 17.8. The fourth-order valence-corrected chi connectivity index (χ4v) is 3.80. The van der Waals surface area contributed by atoms with E-state index in [1.165, 1.54) is 11.6 Å². The summed E-state index contributed by atoms with van der Waals surface area (Å²) in [6.45, 7) is 4.39. The first-order valence-electron chi connectivity index (χ1n) is 9.11. The second-order valence-corrected chi connectivity index (χ2v) is 6.99. The molecule has 0 spiro atoms. The average Bonchev–Trinajstić information content (AvgIpc) is 2.60. The first-order valence-corrected chi connectivity index (χ1v) is 9.11. The van der Waals surface area contributed by atoms with Crippen LogP contribution in [0.25, 0.3) is 0 Å². The topological polar surface area (TPSA) is 53.2 Å². The zero-order valence-corrected chi connectivity index (χ0v) is 15.0. The largest absolute Gasteiger partial charge is 0.362 e. The highest BCUT2D eigenvalue weighted by atomic mass is 16.2. The second-order valence-electron chi connectivity index (χ2n) is 6.99. The van der Waals surface area contributed by atoms with Gasteiger partial charge in [-0.05, 0) is 51.5 Å². The van der Waals surface area contributed by atoms with Crippen molar-refractivity contribution in [2.45, 2.75) is 52.0 Å². The van der Waals surface area contributed by atoms with Crippen molar-refractivity contribution < 1.29 is 4.79 Å². The lowest BCUT2D eigenvalue weighted by Crippen LogP contribution is -2.45. The Labute approximate surface area is 148 Å². The molecule has 1 amide bonds. The van der Waals surface area contributed by atoms with E-state index in [1.807, 2.05) is 36.9 Å². The molecule has 1 saturated heterocycles. The monoisotopic (exact) mass is 338 g/mol. The van der Waals surface area contributed by atoms with Gasteiger partial charge in [0.25, 0.3) is 5.91 Å². The van der Waals surface area contributed by atoms with Crippen LogP contribution in [-0.2, 0) is 6.42 Å². The predicted octanol–water partition coefficient (Wildman–Crippen LogP) is 3.62. The van der Waals surface area contributed by atoms with Crippen LogP contribution >= 0.6 is 0 Å². The summed E-state index contributed by atoms with van der Waals surface area (Å²) in [5.41, 5.74) is 2.88. The number of benzene rings is 1. The highest BCUT2D eigenvalue weighted by molar-refractivity contribution is 5.95. The van der Waals surface area contributed by atoms with Gasteiger partial charge in [-0.1, -0.05) is 30.3 Å². The molecule has 1 N–H and O–H groups in total. The molecular weight excluding hydrogens is 312 g/mol. The minimum atomic E-state index is -0.175. The van der Waals surface area contributed by atoms with E-state index in [-0.39, 0.29) is 17.4 Å². The molecule has 0 unspecified atom stereocenters. The smallest absolute Gasteiger partial charge is 0.259 e. The number of H-pyrrole nitrogens is 1. The molecule has 1 atom stereocenters. The molecule has 25 heavy (non-hydrogen) atoms. The van der Waals surface area contributed by atoms with Gasteiger partial charge in [-0.3, -0.25) is 9.59 Å². The molecule has 132 valence electrons. The van der Waals surface area contributed by atoms with E-state index in [0.717, 1.165) is 44.3 Å². The number of hydrogen-bond acceptors (Lipinski definition) is 2. The number of likely N-dealkylation sites (tertiary alicyclic amines) is 1. The molecule has 1 aromatic carbocycles. The van der Waals surface area contributed by atoms with Gasteiger partial charge >= 0.3 is 0 Å². The lowest BCUT2D eigenvalue weighted by molar-refractivity contribution is 0.0599. The molecule has 1 fully saturated rings. The standard InChI is InChI=1S/C21H26N2O2/c1-15-14-19(24)20(16(2)22-15)21(25)23-13-7-6-10-18(23)12-11-17-8-4-3-5-9-17/h3-5,8-9,14,18H,6-7,10-13H2,1-2H3,(H,22,24)/t18-/m1/s1. The summed E-state index contributed by atoms with van der Waals surface area (Å²) in [6, 6.07) is 12.1. The normalized spacial score (nSPS) is 17.5. The van der Waals surface area contributed by atoms with Gasteiger partial charge < -0.3 is 9.88 Å². The quantitative estimate of drug-likeness (QED) is 0.926. The maximum absolute atomic E-state index is 13.1. The highest BCUT2D eigenvalue weighted by Gasteiger charge is 2.29. The molecular formula is C21H26N2O2. The van der Waals surface area contributed by atoms with Gasteiger partial charge in [0.05, 0.1) is 0 Å². The van der Waals surface area contributed by atoms with Crippen LogP contribution in [0.4, 0.5) is 0 Å². The van der Waals surface area contributed by atoms with Crippen LogP contribution in [0.2, 0.25) is 0 Å². The van der Waals surface area contributed by atoms with E-state index in [9.17, 15) is 9.59 Å². The number of pyridine rings is 1. The van der Waals surface area contributed by atoms with E-state index in [4.69, 9.17) is 0 Å². The zero-order valence-electron chi connectivity index (χ0n) is 15.0. The number of aromatic amines is 1. The Kier molecular flexibility index (Phi) is 5.37. The van der Waals surface area contributed by atoms with Crippen molar-refractivity contribution in [3.63, 3.8) is 0 Å². The average molecular weight is 338 g/mol. The lowest BCUT2D eigenvalue weighted by atomic mass is 9.95. The van der Waals surface area contributed by atoms with Gasteiger partial charge in [0.15, 0.2) is 5.43 Å².